The summed E-state index contributed by atoms with van der Waals surface area (Å²) in [6.45, 7) is -0.310. The van der Waals surface area contributed by atoms with Gasteiger partial charge in [0.1, 0.15) is 16.4 Å². The molecule has 0 aliphatic carbocycles. The first-order valence-electron chi connectivity index (χ1n) is 16.1. The number of alkyl halides is 6. The number of rotatable bonds is 13. The molecule has 0 atom stereocenters. The van der Waals surface area contributed by atoms with Gasteiger partial charge < -0.3 is 18.3 Å². The largest absolute Gasteiger partial charge is 0.497 e. The van der Waals surface area contributed by atoms with E-state index in [4.69, 9.17) is 13.9 Å². The number of nitro groups is 2. The van der Waals surface area contributed by atoms with Crippen LogP contribution in [0.4, 0.5) is 37.7 Å². The summed E-state index contributed by atoms with van der Waals surface area (Å²) in [5, 5.41) is 34.7. The molecular weight excluding hydrogens is 845 g/mol. The van der Waals surface area contributed by atoms with Crippen LogP contribution in [0.15, 0.2) is 104 Å². The molecule has 4 aromatic carbocycles. The molecule has 6 aromatic rings. The molecule has 0 aliphatic heterocycles. The van der Waals surface area contributed by atoms with Gasteiger partial charge in [-0.05, 0) is 23.8 Å². The zero-order chi connectivity index (χ0) is 43.1. The highest BCUT2D eigenvalue weighted by atomic mass is 32.2. The highest BCUT2D eigenvalue weighted by molar-refractivity contribution is 7.98. The normalized spacial score (nSPS) is 11.7. The van der Waals surface area contributed by atoms with Gasteiger partial charge in [0.15, 0.2) is 0 Å². The molecule has 0 aliphatic rings. The van der Waals surface area contributed by atoms with E-state index >= 15 is 0 Å². The molecule has 0 radical (unpaired) electrons. The maximum absolute atomic E-state index is 13.0. The van der Waals surface area contributed by atoms with E-state index in [0.717, 1.165) is 17.7 Å². The van der Waals surface area contributed by atoms with Gasteiger partial charge in [0.2, 0.25) is 21.8 Å². The van der Waals surface area contributed by atoms with E-state index in [1.165, 1.54) is 56.3 Å². The van der Waals surface area contributed by atoms with Crippen molar-refractivity contribution in [1.82, 2.24) is 25.1 Å². The third kappa shape index (κ3) is 10.9. The highest BCUT2D eigenvalue weighted by Gasteiger charge is 2.40. The van der Waals surface area contributed by atoms with Gasteiger partial charge in [0.25, 0.3) is 11.4 Å². The minimum atomic E-state index is -4.96. The molecule has 2 aromatic heterocycles. The summed E-state index contributed by atoms with van der Waals surface area (Å²) in [7, 11) is -1.72. The first-order chi connectivity index (χ1) is 27.8. The predicted molar refractivity (Wildman–Crippen MR) is 192 cm³/mol. The maximum Gasteiger partial charge on any atom is 0.470 e. The Morgan fingerprint density at radius 1 is 0.729 bits per heavy atom. The lowest BCUT2D eigenvalue weighted by Gasteiger charge is -2.13. The quantitative estimate of drug-likeness (QED) is 0.0500. The Morgan fingerprint density at radius 3 is 1.81 bits per heavy atom. The monoisotopic (exact) mass is 869 g/mol. The molecule has 0 fully saturated rings. The molecule has 2 heterocycles. The van der Waals surface area contributed by atoms with Crippen LogP contribution in [0, 0.1) is 20.2 Å². The van der Waals surface area contributed by atoms with Gasteiger partial charge in [-0.1, -0.05) is 36.4 Å². The second-order valence-electron chi connectivity index (χ2n) is 11.5. The Labute approximate surface area is 331 Å². The van der Waals surface area contributed by atoms with Crippen LogP contribution in [0.3, 0.4) is 0 Å². The molecule has 1 N–H and O–H groups in total. The fourth-order valence-corrected chi connectivity index (χ4v) is 7.07. The number of halogens is 6. The molecule has 17 nitrogen and oxygen atoms in total. The van der Waals surface area contributed by atoms with Crippen molar-refractivity contribution in [3.63, 3.8) is 0 Å². The van der Waals surface area contributed by atoms with E-state index in [1.807, 2.05) is 30.3 Å². The van der Waals surface area contributed by atoms with Crippen molar-refractivity contribution in [2.24, 2.45) is 0 Å². The number of sulfonamides is 1. The number of aromatic nitrogens is 4. The molecule has 0 spiro atoms. The van der Waals surface area contributed by atoms with Crippen LogP contribution < -0.4 is 14.2 Å². The van der Waals surface area contributed by atoms with Gasteiger partial charge in [-0.15, -0.1) is 32.2 Å². The first-order valence-corrected chi connectivity index (χ1v) is 18.5. The van der Waals surface area contributed by atoms with Crippen LogP contribution in [0.2, 0.25) is 0 Å². The van der Waals surface area contributed by atoms with Gasteiger partial charge in [-0.25, -0.2) is 13.1 Å². The lowest BCUT2D eigenvalue weighted by molar-refractivity contribution is -0.385. The van der Waals surface area contributed by atoms with E-state index in [0.29, 0.717) is 33.8 Å². The Kier molecular flexibility index (Phi) is 13.2. The van der Waals surface area contributed by atoms with Crippen molar-refractivity contribution in [2.75, 3.05) is 14.2 Å². The molecule has 310 valence electrons. The summed E-state index contributed by atoms with van der Waals surface area (Å²) in [5.41, 5.74) is 0.316. The number of benzene rings is 4. The van der Waals surface area contributed by atoms with Crippen LogP contribution in [-0.2, 0) is 34.7 Å². The first kappa shape index (κ1) is 43.5. The smallest absolute Gasteiger partial charge is 0.470 e. The molecule has 0 bridgehead atoms. The SMILES string of the molecule is COc1ccc(CNS(=O)(=O)c2cc([N+](=O)[O-])ccc2-c2nnc(C(F)(F)F)o2)c(OC)c1.O=[N+]([O-])c1ccc(-c2nnc(C(F)(F)F)o2)c(SCc2ccccc2)c1. The molecule has 0 amide bonds. The van der Waals surface area contributed by atoms with Gasteiger partial charge in [-0.2, -0.15) is 26.3 Å². The fraction of sp³-hybridized carbons (Fsp3) is 0.176. The zero-order valence-corrected chi connectivity index (χ0v) is 31.5. The van der Waals surface area contributed by atoms with E-state index in [-0.39, 0.29) is 23.7 Å². The summed E-state index contributed by atoms with van der Waals surface area (Å²) >= 11 is 1.23. The summed E-state index contributed by atoms with van der Waals surface area (Å²) in [6.07, 6.45) is -9.72. The van der Waals surface area contributed by atoms with Crippen LogP contribution in [0.1, 0.15) is 22.9 Å². The number of methoxy groups -OCH3 is 2. The van der Waals surface area contributed by atoms with Crippen molar-refractivity contribution < 1.29 is 62.9 Å². The number of hydrogen-bond acceptors (Lipinski definition) is 15. The zero-order valence-electron chi connectivity index (χ0n) is 29.8. The molecule has 0 unspecified atom stereocenters. The number of thioether (sulfide) groups is 1. The third-order valence-electron chi connectivity index (χ3n) is 7.62. The van der Waals surface area contributed by atoms with E-state index < -0.39 is 66.0 Å². The van der Waals surface area contributed by atoms with Crippen LogP contribution in [-0.4, -0.2) is 52.9 Å². The van der Waals surface area contributed by atoms with E-state index in [2.05, 4.69) is 29.5 Å². The van der Waals surface area contributed by atoms with Crippen molar-refractivity contribution >= 4 is 33.2 Å². The molecule has 0 saturated heterocycles. The van der Waals surface area contributed by atoms with Gasteiger partial charge >= 0.3 is 24.1 Å². The Morgan fingerprint density at radius 2 is 1.29 bits per heavy atom. The minimum Gasteiger partial charge on any atom is -0.497 e. The maximum atomic E-state index is 13.0. The van der Waals surface area contributed by atoms with E-state index in [9.17, 15) is 55.0 Å². The highest BCUT2D eigenvalue weighted by Crippen LogP contribution is 2.38. The molecule has 59 heavy (non-hydrogen) atoms. The number of nitro benzene ring substituents is 2. The van der Waals surface area contributed by atoms with Gasteiger partial charge in [0.05, 0.1) is 35.2 Å². The Balaban J connectivity index is 0.000000230. The van der Waals surface area contributed by atoms with Crippen LogP contribution in [0.25, 0.3) is 22.9 Å². The summed E-state index contributed by atoms with van der Waals surface area (Å²) in [5.74, 6) is -3.07. The van der Waals surface area contributed by atoms with Crippen molar-refractivity contribution in [3.05, 3.63) is 128 Å². The summed E-state index contributed by atoms with van der Waals surface area (Å²) in [6, 6.07) is 20.1. The number of nitrogens with one attached hydrogen (secondary N) is 1. The van der Waals surface area contributed by atoms with Crippen LogP contribution in [0.5, 0.6) is 11.5 Å². The molecule has 6 rings (SSSR count). The predicted octanol–water partition coefficient (Wildman–Crippen LogP) is 8.12. The minimum absolute atomic E-state index is 0.181. The molecular formula is C34H25F6N7O10S2. The molecule has 0 saturated carbocycles. The standard InChI is InChI=1S/C18H15F3N4O7S.C16H10F3N3O3S/c1-30-12-5-3-10(14(8-12)31-2)9-22-33(28,29)15-7-11(25(26)27)4-6-13(15)16-23-24-17(32-16)18(19,20)21;17-16(18,19)15-21-20-14(25-15)12-7-6-11(22(23)24)8-13(12)26-9-10-4-2-1-3-5-10/h3-8,22H,9H2,1-2H3;1-8H,9H2. The average molecular weight is 870 g/mol. The topological polar surface area (TPSA) is 229 Å². The van der Waals surface area contributed by atoms with Gasteiger partial charge in [-0.3, -0.25) is 20.2 Å². The lowest BCUT2D eigenvalue weighted by Crippen LogP contribution is -2.24. The fourth-order valence-electron chi connectivity index (χ4n) is 4.82. The number of hydrogen-bond donors (Lipinski definition) is 1. The summed E-state index contributed by atoms with van der Waals surface area (Å²) < 4.78 is 124. The second kappa shape index (κ2) is 17.9. The molecule has 25 heteroatoms. The summed E-state index contributed by atoms with van der Waals surface area (Å²) in [4.78, 5) is 20.4. The second-order valence-corrected chi connectivity index (χ2v) is 14.2. The number of non-ortho nitro benzene ring substituents is 2. The lowest BCUT2D eigenvalue weighted by atomic mass is 10.2. The Hall–Kier alpha value is -6.60. The third-order valence-corrected chi connectivity index (χ3v) is 10.2. The van der Waals surface area contributed by atoms with Gasteiger partial charge in [0, 0.05) is 53.1 Å². The number of ether oxygens (including phenoxy) is 2. The van der Waals surface area contributed by atoms with Crippen molar-refractivity contribution in [3.8, 4) is 34.4 Å². The van der Waals surface area contributed by atoms with Crippen molar-refractivity contribution in [1.29, 1.82) is 0 Å². The average Bonchev–Trinajstić information content (AvgIpc) is 3.92. The van der Waals surface area contributed by atoms with Crippen LogP contribution >= 0.6 is 11.8 Å². The van der Waals surface area contributed by atoms with Crippen molar-refractivity contribution in [2.45, 2.75) is 34.4 Å². The van der Waals surface area contributed by atoms with E-state index in [1.54, 1.807) is 6.07 Å². The number of nitrogens with zero attached hydrogens (tertiary/aromatic N) is 6. The Bertz CT molecular complexity index is 2570.